The van der Waals surface area contributed by atoms with Crippen molar-refractivity contribution in [2.24, 2.45) is 0 Å². The maximum absolute atomic E-state index is 6.26. The molecule has 0 saturated carbocycles. The largest absolute Gasteiger partial charge is 0.383 e. The average molecular weight is 309 g/mol. The number of nitrogen functional groups attached to an aromatic ring is 1. The standard InChI is InChI=1S/C14H20N6.ClH/c1-3-7-19-8-6-12-11(9-19)14(15)20(18-12)13-5-4-10(2)16-17-13;/h4-5H,3,6-9,15H2,1-2H3;1H. The molecule has 0 amide bonds. The van der Waals surface area contributed by atoms with E-state index in [1.165, 1.54) is 0 Å². The normalized spacial score (nSPS) is 14.6. The molecule has 0 spiro atoms. The van der Waals surface area contributed by atoms with E-state index in [-0.39, 0.29) is 12.4 Å². The van der Waals surface area contributed by atoms with Crippen molar-refractivity contribution in [3.05, 3.63) is 29.1 Å². The smallest absolute Gasteiger partial charge is 0.178 e. The first-order valence-electron chi connectivity index (χ1n) is 7.08. The third-order valence-corrected chi connectivity index (χ3v) is 3.69. The van der Waals surface area contributed by atoms with Gasteiger partial charge >= 0.3 is 0 Å². The molecule has 0 radical (unpaired) electrons. The minimum Gasteiger partial charge on any atom is -0.383 e. The lowest BCUT2D eigenvalue weighted by Crippen LogP contribution is -2.31. The summed E-state index contributed by atoms with van der Waals surface area (Å²) >= 11 is 0. The topological polar surface area (TPSA) is 72.9 Å². The van der Waals surface area contributed by atoms with Gasteiger partial charge in [0, 0.05) is 25.1 Å². The van der Waals surface area contributed by atoms with Crippen LogP contribution in [0.25, 0.3) is 5.82 Å². The van der Waals surface area contributed by atoms with Crippen molar-refractivity contribution < 1.29 is 0 Å². The molecule has 2 aromatic rings. The first-order chi connectivity index (χ1) is 9.69. The van der Waals surface area contributed by atoms with E-state index in [0.29, 0.717) is 11.6 Å². The van der Waals surface area contributed by atoms with Crippen molar-refractivity contribution in [2.45, 2.75) is 33.2 Å². The molecule has 3 heterocycles. The van der Waals surface area contributed by atoms with Crippen LogP contribution in [-0.4, -0.2) is 38.0 Å². The highest BCUT2D eigenvalue weighted by Gasteiger charge is 2.23. The van der Waals surface area contributed by atoms with Crippen molar-refractivity contribution in [1.82, 2.24) is 24.9 Å². The summed E-state index contributed by atoms with van der Waals surface area (Å²) in [6.07, 6.45) is 2.11. The molecule has 2 aromatic heterocycles. The summed E-state index contributed by atoms with van der Waals surface area (Å²) in [5.74, 6) is 1.38. The van der Waals surface area contributed by atoms with Crippen LogP contribution in [0.2, 0.25) is 0 Å². The van der Waals surface area contributed by atoms with Crippen LogP contribution in [0.3, 0.4) is 0 Å². The van der Waals surface area contributed by atoms with Crippen LogP contribution in [0.4, 0.5) is 5.82 Å². The van der Waals surface area contributed by atoms with Crippen LogP contribution in [0, 0.1) is 6.92 Å². The minimum atomic E-state index is 0. The Morgan fingerprint density at radius 3 is 2.76 bits per heavy atom. The molecule has 0 aliphatic carbocycles. The number of hydrogen-bond donors (Lipinski definition) is 1. The number of halogens is 1. The summed E-state index contributed by atoms with van der Waals surface area (Å²) in [7, 11) is 0. The maximum Gasteiger partial charge on any atom is 0.178 e. The van der Waals surface area contributed by atoms with E-state index in [9.17, 15) is 0 Å². The summed E-state index contributed by atoms with van der Waals surface area (Å²) in [5, 5.41) is 12.8. The van der Waals surface area contributed by atoms with E-state index in [4.69, 9.17) is 5.73 Å². The van der Waals surface area contributed by atoms with Gasteiger partial charge in [-0.2, -0.15) is 14.9 Å². The molecule has 3 rings (SSSR count). The first kappa shape index (κ1) is 15.7. The van der Waals surface area contributed by atoms with Crippen LogP contribution in [0.1, 0.15) is 30.3 Å². The number of nitrogens with two attached hydrogens (primary N) is 1. The van der Waals surface area contributed by atoms with E-state index in [1.54, 1.807) is 4.68 Å². The quantitative estimate of drug-likeness (QED) is 0.935. The Bertz CT molecular complexity index is 607. The highest BCUT2D eigenvalue weighted by atomic mass is 35.5. The summed E-state index contributed by atoms with van der Waals surface area (Å²) in [6.45, 7) is 7.15. The fraction of sp³-hybridized carbons (Fsp3) is 0.500. The molecule has 1 aliphatic heterocycles. The SMILES string of the molecule is CCCN1CCc2nn(-c3ccc(C)nn3)c(N)c2C1.Cl. The number of fused-ring (bicyclic) bond motifs is 1. The molecule has 2 N–H and O–H groups in total. The first-order valence-corrected chi connectivity index (χ1v) is 7.08. The van der Waals surface area contributed by atoms with Crippen LogP contribution in [0.5, 0.6) is 0 Å². The zero-order valence-corrected chi connectivity index (χ0v) is 13.2. The second kappa shape index (κ2) is 6.41. The average Bonchev–Trinajstić information content (AvgIpc) is 2.78. The molecule has 0 saturated heterocycles. The maximum atomic E-state index is 6.26. The van der Waals surface area contributed by atoms with Crippen LogP contribution in [0.15, 0.2) is 12.1 Å². The minimum absolute atomic E-state index is 0. The third kappa shape index (κ3) is 3.01. The van der Waals surface area contributed by atoms with E-state index in [2.05, 4.69) is 27.1 Å². The zero-order valence-electron chi connectivity index (χ0n) is 12.4. The molecular weight excluding hydrogens is 288 g/mol. The number of aromatic nitrogens is 4. The van der Waals surface area contributed by atoms with Crippen molar-refractivity contribution in [3.63, 3.8) is 0 Å². The molecule has 0 fully saturated rings. The van der Waals surface area contributed by atoms with Gasteiger partial charge in [-0.05, 0) is 32.0 Å². The van der Waals surface area contributed by atoms with Crippen molar-refractivity contribution >= 4 is 18.2 Å². The van der Waals surface area contributed by atoms with Gasteiger partial charge in [0.25, 0.3) is 0 Å². The van der Waals surface area contributed by atoms with Gasteiger partial charge in [0.05, 0.1) is 11.4 Å². The second-order valence-electron chi connectivity index (χ2n) is 5.28. The predicted octanol–water partition coefficient (Wildman–Crippen LogP) is 1.74. The van der Waals surface area contributed by atoms with Gasteiger partial charge in [-0.25, -0.2) is 0 Å². The van der Waals surface area contributed by atoms with Gasteiger partial charge in [-0.15, -0.1) is 17.5 Å². The lowest BCUT2D eigenvalue weighted by atomic mass is 10.1. The molecule has 1 aliphatic rings. The molecular formula is C14H21ClN6. The van der Waals surface area contributed by atoms with Gasteiger partial charge < -0.3 is 5.73 Å². The molecule has 0 aromatic carbocycles. The molecule has 114 valence electrons. The number of aryl methyl sites for hydroxylation is 1. The summed E-state index contributed by atoms with van der Waals surface area (Å²) in [6, 6.07) is 3.83. The Morgan fingerprint density at radius 2 is 2.10 bits per heavy atom. The van der Waals surface area contributed by atoms with Crippen LogP contribution < -0.4 is 5.73 Å². The van der Waals surface area contributed by atoms with Gasteiger partial charge in [0.2, 0.25) is 0 Å². The van der Waals surface area contributed by atoms with E-state index in [0.717, 1.165) is 49.4 Å². The second-order valence-corrected chi connectivity index (χ2v) is 5.28. The van der Waals surface area contributed by atoms with Gasteiger partial charge in [0.15, 0.2) is 5.82 Å². The Kier molecular flexibility index (Phi) is 4.80. The molecule has 7 heteroatoms. The fourth-order valence-corrected chi connectivity index (χ4v) is 2.64. The lowest BCUT2D eigenvalue weighted by molar-refractivity contribution is 0.254. The van der Waals surface area contributed by atoms with Crippen molar-refractivity contribution in [2.75, 3.05) is 18.8 Å². The summed E-state index contributed by atoms with van der Waals surface area (Å²) in [5.41, 5.74) is 9.39. The molecule has 0 bridgehead atoms. The summed E-state index contributed by atoms with van der Waals surface area (Å²) in [4.78, 5) is 2.42. The monoisotopic (exact) mass is 308 g/mol. The van der Waals surface area contributed by atoms with Gasteiger partial charge in [-0.1, -0.05) is 6.92 Å². The Labute approximate surface area is 130 Å². The Balaban J connectivity index is 0.00000161. The molecule has 21 heavy (non-hydrogen) atoms. The number of hydrogen-bond acceptors (Lipinski definition) is 5. The summed E-state index contributed by atoms with van der Waals surface area (Å²) < 4.78 is 1.71. The molecule has 0 atom stereocenters. The third-order valence-electron chi connectivity index (χ3n) is 3.69. The van der Waals surface area contributed by atoms with E-state index in [1.807, 2.05) is 19.1 Å². The van der Waals surface area contributed by atoms with E-state index < -0.39 is 0 Å². The van der Waals surface area contributed by atoms with Gasteiger partial charge in [0.1, 0.15) is 5.82 Å². The van der Waals surface area contributed by atoms with Crippen molar-refractivity contribution in [1.29, 1.82) is 0 Å². The van der Waals surface area contributed by atoms with E-state index >= 15 is 0 Å². The Hall–Kier alpha value is -1.66. The molecule has 0 unspecified atom stereocenters. The lowest BCUT2D eigenvalue weighted by Gasteiger charge is -2.25. The predicted molar refractivity (Wildman–Crippen MR) is 84.8 cm³/mol. The molecule has 6 nitrogen and oxygen atoms in total. The number of rotatable bonds is 3. The Morgan fingerprint density at radius 1 is 1.29 bits per heavy atom. The zero-order chi connectivity index (χ0) is 14.1. The highest BCUT2D eigenvalue weighted by Crippen LogP contribution is 2.25. The fourth-order valence-electron chi connectivity index (χ4n) is 2.64. The number of anilines is 1. The number of nitrogens with zero attached hydrogens (tertiary/aromatic N) is 5. The highest BCUT2D eigenvalue weighted by molar-refractivity contribution is 5.85. The van der Waals surface area contributed by atoms with Crippen LogP contribution >= 0.6 is 12.4 Å². The van der Waals surface area contributed by atoms with Crippen molar-refractivity contribution in [3.8, 4) is 5.82 Å². The van der Waals surface area contributed by atoms with Crippen LogP contribution in [-0.2, 0) is 13.0 Å². The van der Waals surface area contributed by atoms with Gasteiger partial charge in [-0.3, -0.25) is 4.90 Å².